The van der Waals surface area contributed by atoms with Crippen LogP contribution in [0.4, 0.5) is 0 Å². The standard InChI is InChI=1S/C20H26O5S/c1-2-3-4-5-6-8-11-16-14-15-18(21)19(20(16)26(22,23)24)25-17-12-9-7-10-13-17/h7,9-10,12-15,21H,2-6,8,11H2,1H3,(H,22,23,24). The van der Waals surface area contributed by atoms with E-state index in [0.717, 1.165) is 19.3 Å². The first kappa shape index (κ1) is 20.3. The van der Waals surface area contributed by atoms with Crippen LogP contribution in [-0.4, -0.2) is 18.1 Å². The minimum Gasteiger partial charge on any atom is -0.504 e. The van der Waals surface area contributed by atoms with Crippen molar-refractivity contribution in [2.45, 2.75) is 56.8 Å². The maximum Gasteiger partial charge on any atom is 0.298 e. The van der Waals surface area contributed by atoms with E-state index in [4.69, 9.17) is 4.74 Å². The zero-order chi connectivity index (χ0) is 19.0. The number of para-hydroxylation sites is 1. The van der Waals surface area contributed by atoms with Gasteiger partial charge in [-0.25, -0.2) is 0 Å². The number of hydrogen-bond donors (Lipinski definition) is 2. The van der Waals surface area contributed by atoms with Gasteiger partial charge in [-0.3, -0.25) is 4.55 Å². The molecule has 0 aromatic heterocycles. The molecule has 0 fully saturated rings. The van der Waals surface area contributed by atoms with E-state index in [1.165, 1.54) is 31.4 Å². The first-order valence-corrected chi connectivity index (χ1v) is 10.4. The summed E-state index contributed by atoms with van der Waals surface area (Å²) in [5, 5.41) is 10.1. The molecule has 0 saturated heterocycles. The van der Waals surface area contributed by atoms with Gasteiger partial charge < -0.3 is 9.84 Å². The van der Waals surface area contributed by atoms with Gasteiger partial charge in [0.25, 0.3) is 10.1 Å². The fraction of sp³-hybridized carbons (Fsp3) is 0.400. The first-order valence-electron chi connectivity index (χ1n) is 8.98. The summed E-state index contributed by atoms with van der Waals surface area (Å²) in [6.45, 7) is 2.16. The van der Waals surface area contributed by atoms with E-state index in [2.05, 4.69) is 6.92 Å². The van der Waals surface area contributed by atoms with Gasteiger partial charge in [-0.1, -0.05) is 63.3 Å². The summed E-state index contributed by atoms with van der Waals surface area (Å²) in [5.41, 5.74) is 0.451. The monoisotopic (exact) mass is 378 g/mol. The van der Waals surface area contributed by atoms with Crippen molar-refractivity contribution in [1.29, 1.82) is 0 Å². The third-order valence-corrected chi connectivity index (χ3v) is 5.16. The Morgan fingerprint density at radius 2 is 1.58 bits per heavy atom. The van der Waals surface area contributed by atoms with Crippen molar-refractivity contribution >= 4 is 10.1 Å². The molecule has 0 bridgehead atoms. The number of phenols is 1. The summed E-state index contributed by atoms with van der Waals surface area (Å²) < 4.78 is 39.2. The van der Waals surface area contributed by atoms with Crippen LogP contribution in [-0.2, 0) is 16.5 Å². The molecule has 2 rings (SSSR count). The fourth-order valence-electron chi connectivity index (χ4n) is 2.87. The molecule has 2 N–H and O–H groups in total. The van der Waals surface area contributed by atoms with Gasteiger partial charge in [0.1, 0.15) is 10.6 Å². The Hall–Kier alpha value is -2.05. The van der Waals surface area contributed by atoms with Crippen LogP contribution in [0.1, 0.15) is 51.0 Å². The third-order valence-electron chi connectivity index (χ3n) is 4.19. The minimum atomic E-state index is -4.54. The Labute approximate surface area is 155 Å². The topological polar surface area (TPSA) is 83.8 Å². The molecule has 2 aromatic rings. The van der Waals surface area contributed by atoms with E-state index in [9.17, 15) is 18.1 Å². The Balaban J connectivity index is 2.24. The van der Waals surface area contributed by atoms with Crippen LogP contribution in [0.15, 0.2) is 47.4 Å². The van der Waals surface area contributed by atoms with Gasteiger partial charge in [-0.05, 0) is 36.6 Å². The van der Waals surface area contributed by atoms with E-state index < -0.39 is 10.1 Å². The number of phenolic OH excluding ortho intramolecular Hbond substituents is 1. The van der Waals surface area contributed by atoms with Crippen LogP contribution in [0.2, 0.25) is 0 Å². The van der Waals surface area contributed by atoms with E-state index in [0.29, 0.717) is 17.7 Å². The van der Waals surface area contributed by atoms with Crippen LogP contribution in [0.25, 0.3) is 0 Å². The van der Waals surface area contributed by atoms with Crippen molar-refractivity contribution in [2.75, 3.05) is 0 Å². The van der Waals surface area contributed by atoms with Gasteiger partial charge in [0, 0.05) is 0 Å². The molecule has 0 radical (unpaired) electrons. The summed E-state index contributed by atoms with van der Waals surface area (Å²) >= 11 is 0. The second-order valence-corrected chi connectivity index (χ2v) is 7.67. The molecule has 0 heterocycles. The number of hydrogen-bond acceptors (Lipinski definition) is 4. The molecule has 0 saturated carbocycles. The summed E-state index contributed by atoms with van der Waals surface area (Å²) in [5.74, 6) is -0.181. The molecule has 0 aliphatic heterocycles. The summed E-state index contributed by atoms with van der Waals surface area (Å²) in [6, 6.07) is 11.5. The maximum absolute atomic E-state index is 12.0. The molecule has 0 amide bonds. The van der Waals surface area contributed by atoms with Crippen molar-refractivity contribution < 1.29 is 22.8 Å². The van der Waals surface area contributed by atoms with Gasteiger partial charge in [-0.2, -0.15) is 8.42 Å². The quantitative estimate of drug-likeness (QED) is 0.431. The molecule has 0 aliphatic rings. The number of unbranched alkanes of at least 4 members (excludes halogenated alkanes) is 5. The number of aryl methyl sites for hydroxylation is 1. The number of rotatable bonds is 10. The van der Waals surface area contributed by atoms with Crippen molar-refractivity contribution in [3.63, 3.8) is 0 Å². The van der Waals surface area contributed by atoms with Crippen molar-refractivity contribution in [1.82, 2.24) is 0 Å². The average Bonchev–Trinajstić information content (AvgIpc) is 2.60. The molecule has 0 atom stereocenters. The maximum atomic E-state index is 12.0. The molecule has 6 heteroatoms. The van der Waals surface area contributed by atoms with Gasteiger partial charge in [0.05, 0.1) is 0 Å². The number of benzene rings is 2. The predicted molar refractivity (Wildman–Crippen MR) is 102 cm³/mol. The summed E-state index contributed by atoms with van der Waals surface area (Å²) in [7, 11) is -4.54. The highest BCUT2D eigenvalue weighted by Crippen LogP contribution is 2.39. The Morgan fingerprint density at radius 1 is 0.923 bits per heavy atom. The molecule has 0 spiro atoms. The highest BCUT2D eigenvalue weighted by atomic mass is 32.2. The van der Waals surface area contributed by atoms with E-state index >= 15 is 0 Å². The Kier molecular flexibility index (Phi) is 7.48. The molecule has 142 valence electrons. The van der Waals surface area contributed by atoms with Crippen molar-refractivity contribution in [3.05, 3.63) is 48.0 Å². The van der Waals surface area contributed by atoms with Crippen LogP contribution in [0, 0.1) is 0 Å². The molecule has 0 unspecified atom stereocenters. The number of aromatic hydroxyl groups is 1. The van der Waals surface area contributed by atoms with Crippen LogP contribution in [0.3, 0.4) is 0 Å². The zero-order valence-electron chi connectivity index (χ0n) is 15.0. The SMILES string of the molecule is CCCCCCCCc1ccc(O)c(Oc2ccccc2)c1S(=O)(=O)O. The smallest absolute Gasteiger partial charge is 0.298 e. The van der Waals surface area contributed by atoms with Gasteiger partial charge >= 0.3 is 0 Å². The zero-order valence-corrected chi connectivity index (χ0v) is 15.8. The largest absolute Gasteiger partial charge is 0.504 e. The summed E-state index contributed by atoms with van der Waals surface area (Å²) in [4.78, 5) is -0.352. The molecular weight excluding hydrogens is 352 g/mol. The van der Waals surface area contributed by atoms with Crippen LogP contribution < -0.4 is 4.74 Å². The van der Waals surface area contributed by atoms with Gasteiger partial charge in [0.15, 0.2) is 11.5 Å². The van der Waals surface area contributed by atoms with Crippen molar-refractivity contribution in [3.8, 4) is 17.2 Å². The van der Waals surface area contributed by atoms with E-state index in [1.807, 2.05) is 0 Å². The molecular formula is C20H26O5S. The first-order chi connectivity index (χ1) is 12.4. The van der Waals surface area contributed by atoms with E-state index in [-0.39, 0.29) is 16.4 Å². The Morgan fingerprint density at radius 3 is 2.23 bits per heavy atom. The third kappa shape index (κ3) is 5.75. The molecule has 5 nitrogen and oxygen atoms in total. The highest BCUT2D eigenvalue weighted by Gasteiger charge is 2.25. The lowest BCUT2D eigenvalue weighted by Crippen LogP contribution is -2.06. The minimum absolute atomic E-state index is 0.234. The lowest BCUT2D eigenvalue weighted by molar-refractivity contribution is 0.395. The lowest BCUT2D eigenvalue weighted by atomic mass is 10.0. The molecule has 2 aromatic carbocycles. The second-order valence-electron chi connectivity index (χ2n) is 6.31. The average molecular weight is 378 g/mol. The normalized spacial score (nSPS) is 11.5. The van der Waals surface area contributed by atoms with E-state index in [1.54, 1.807) is 30.3 Å². The summed E-state index contributed by atoms with van der Waals surface area (Å²) in [6.07, 6.45) is 6.92. The van der Waals surface area contributed by atoms with Crippen molar-refractivity contribution in [2.24, 2.45) is 0 Å². The molecule has 26 heavy (non-hydrogen) atoms. The van der Waals surface area contributed by atoms with Crippen LogP contribution in [0.5, 0.6) is 17.2 Å². The van der Waals surface area contributed by atoms with Gasteiger partial charge in [-0.15, -0.1) is 0 Å². The molecule has 0 aliphatic carbocycles. The highest BCUT2D eigenvalue weighted by molar-refractivity contribution is 7.86. The fourth-order valence-corrected chi connectivity index (χ4v) is 3.76. The number of ether oxygens (including phenoxy) is 1. The lowest BCUT2D eigenvalue weighted by Gasteiger charge is -2.15. The Bertz CT molecular complexity index is 800. The second kappa shape index (κ2) is 9.59. The van der Waals surface area contributed by atoms with Gasteiger partial charge in [0.2, 0.25) is 0 Å². The predicted octanol–water partition coefficient (Wildman–Crippen LogP) is 5.33. The van der Waals surface area contributed by atoms with Crippen LogP contribution >= 0.6 is 0 Å².